The molecule has 2 rings (SSSR count). The highest BCUT2D eigenvalue weighted by atomic mass is 28.3. The van der Waals surface area contributed by atoms with Crippen LogP contribution in [-0.4, -0.2) is 15.2 Å². The van der Waals surface area contributed by atoms with Gasteiger partial charge in [-0.15, -0.1) is 0 Å². The summed E-state index contributed by atoms with van der Waals surface area (Å²) in [4.78, 5) is 0. The number of rotatable bonds is 3. The third kappa shape index (κ3) is 3.26. The van der Waals surface area contributed by atoms with Crippen molar-refractivity contribution in [3.8, 4) is 5.75 Å². The molecule has 1 aliphatic carbocycles. The summed E-state index contributed by atoms with van der Waals surface area (Å²) >= 11 is 0. The van der Waals surface area contributed by atoms with Crippen LogP contribution in [0.3, 0.4) is 0 Å². The lowest BCUT2D eigenvalue weighted by atomic mass is 9.85. The molecule has 0 saturated carbocycles. The van der Waals surface area contributed by atoms with Gasteiger partial charge in [0.05, 0.1) is 7.11 Å². The van der Waals surface area contributed by atoms with Crippen molar-refractivity contribution < 1.29 is 4.74 Å². The molecule has 1 aromatic rings. The summed E-state index contributed by atoms with van der Waals surface area (Å²) in [5, 5.41) is 3.12. The zero-order valence-electron chi connectivity index (χ0n) is 18.1. The van der Waals surface area contributed by atoms with Crippen LogP contribution in [0.5, 0.6) is 5.75 Å². The van der Waals surface area contributed by atoms with Gasteiger partial charge in [-0.05, 0) is 55.4 Å². The Kier molecular flexibility index (Phi) is 5.18. The molecule has 0 saturated heterocycles. The number of ether oxygens (including phenoxy) is 1. The van der Waals surface area contributed by atoms with Crippen LogP contribution in [0.4, 0.5) is 0 Å². The van der Waals surface area contributed by atoms with Gasteiger partial charge < -0.3 is 4.74 Å². The predicted molar refractivity (Wildman–Crippen MR) is 114 cm³/mol. The van der Waals surface area contributed by atoms with Crippen molar-refractivity contribution in [2.24, 2.45) is 5.92 Å². The molecule has 0 amide bonds. The molecule has 0 radical (unpaired) electrons. The van der Waals surface area contributed by atoms with Crippen LogP contribution in [0.25, 0.3) is 0 Å². The number of hydrogen-bond acceptors (Lipinski definition) is 1. The van der Waals surface area contributed by atoms with E-state index in [4.69, 9.17) is 4.74 Å². The Morgan fingerprint density at radius 1 is 0.960 bits per heavy atom. The summed E-state index contributed by atoms with van der Waals surface area (Å²) in [6.45, 7) is 23.3. The molecule has 2 heteroatoms. The fourth-order valence-corrected chi connectivity index (χ4v) is 8.64. The minimum Gasteiger partial charge on any atom is -0.497 e. The normalized spacial score (nSPS) is 19.1. The van der Waals surface area contributed by atoms with E-state index < -0.39 is 8.07 Å². The Balaban J connectivity index is 2.76. The number of allylic oxidation sites excluding steroid dienone is 4. The van der Waals surface area contributed by atoms with Crippen molar-refractivity contribution in [2.75, 3.05) is 7.11 Å². The van der Waals surface area contributed by atoms with Crippen LogP contribution in [-0.2, 0) is 5.41 Å². The molecule has 1 atom stereocenters. The molecule has 0 aliphatic heterocycles. The van der Waals surface area contributed by atoms with Crippen molar-refractivity contribution in [2.45, 2.75) is 73.9 Å². The lowest BCUT2D eigenvalue weighted by Gasteiger charge is -2.34. The van der Waals surface area contributed by atoms with Crippen LogP contribution < -0.4 is 9.92 Å². The molecule has 0 heterocycles. The monoisotopic (exact) mass is 356 g/mol. The molecule has 0 N–H and O–H groups in total. The first-order valence-corrected chi connectivity index (χ1v) is 12.4. The summed E-state index contributed by atoms with van der Waals surface area (Å²) in [7, 11) is -0.0150. The van der Waals surface area contributed by atoms with Crippen LogP contribution in [0.2, 0.25) is 13.1 Å². The van der Waals surface area contributed by atoms with Crippen molar-refractivity contribution in [1.82, 2.24) is 0 Å². The molecule has 1 unspecified atom stereocenters. The average Bonchev–Trinajstić information content (AvgIpc) is 2.69. The second-order valence-electron chi connectivity index (χ2n) is 9.34. The molecule has 1 aliphatic rings. The van der Waals surface area contributed by atoms with E-state index in [9.17, 15) is 0 Å². The fraction of sp³-hybridized carbons (Fsp3) is 0.565. The first kappa shape index (κ1) is 20.0. The average molecular weight is 357 g/mol. The molecule has 1 nitrogen and oxygen atoms in total. The maximum absolute atomic E-state index is 6.03. The lowest BCUT2D eigenvalue weighted by molar-refractivity contribution is 0.400. The van der Waals surface area contributed by atoms with E-state index in [2.05, 4.69) is 80.6 Å². The predicted octanol–water partition coefficient (Wildman–Crippen LogP) is 6.06. The summed E-state index contributed by atoms with van der Waals surface area (Å²) in [5.41, 5.74) is 7.29. The van der Waals surface area contributed by atoms with Gasteiger partial charge in [-0.2, -0.15) is 0 Å². The Hall–Kier alpha value is -1.28. The lowest BCUT2D eigenvalue weighted by Crippen LogP contribution is -2.47. The second-order valence-corrected chi connectivity index (χ2v) is 13.7. The van der Waals surface area contributed by atoms with E-state index in [-0.39, 0.29) is 5.41 Å². The first-order valence-electron chi connectivity index (χ1n) is 9.42. The summed E-state index contributed by atoms with van der Waals surface area (Å²) in [6.07, 6.45) is 0. The summed E-state index contributed by atoms with van der Waals surface area (Å²) in [6, 6.07) is 4.69. The van der Waals surface area contributed by atoms with Crippen molar-refractivity contribution in [1.29, 1.82) is 0 Å². The van der Waals surface area contributed by atoms with Crippen LogP contribution in [0.1, 0.15) is 59.6 Å². The summed E-state index contributed by atoms with van der Waals surface area (Å²) in [5.74, 6) is 1.66. The number of benzene rings is 1. The van der Waals surface area contributed by atoms with Gasteiger partial charge in [0.25, 0.3) is 0 Å². The van der Waals surface area contributed by atoms with Gasteiger partial charge in [0.15, 0.2) is 0 Å². The Morgan fingerprint density at radius 3 is 1.92 bits per heavy atom. The molecule has 1 aromatic carbocycles. The SMILES string of the molecule is COc1c(C(C)(C)C)cc(C)cc1[Si](C)(C)C1=C(C)C(C)=C(C)C1C. The molecule has 0 fully saturated rings. The van der Waals surface area contributed by atoms with Gasteiger partial charge in [0.2, 0.25) is 0 Å². The maximum atomic E-state index is 6.03. The first-order chi connectivity index (χ1) is 11.3. The van der Waals surface area contributed by atoms with Gasteiger partial charge in [0, 0.05) is 0 Å². The molecule has 25 heavy (non-hydrogen) atoms. The van der Waals surface area contributed by atoms with Gasteiger partial charge in [0.1, 0.15) is 13.8 Å². The van der Waals surface area contributed by atoms with Gasteiger partial charge in [-0.1, -0.05) is 74.8 Å². The zero-order chi connectivity index (χ0) is 19.3. The smallest absolute Gasteiger partial charge is 0.122 e. The minimum absolute atomic E-state index is 0.0748. The van der Waals surface area contributed by atoms with Gasteiger partial charge >= 0.3 is 0 Å². The molecular weight excluding hydrogens is 320 g/mol. The van der Waals surface area contributed by atoms with Crippen molar-refractivity contribution >= 4 is 13.3 Å². The van der Waals surface area contributed by atoms with Gasteiger partial charge in [-0.25, -0.2) is 0 Å². The highest BCUT2D eigenvalue weighted by molar-refractivity contribution is 6.96. The topological polar surface area (TPSA) is 9.23 Å². The third-order valence-corrected chi connectivity index (χ3v) is 10.1. The zero-order valence-corrected chi connectivity index (χ0v) is 19.1. The summed E-state index contributed by atoms with van der Waals surface area (Å²) < 4.78 is 6.03. The molecule has 138 valence electrons. The van der Waals surface area contributed by atoms with E-state index >= 15 is 0 Å². The maximum Gasteiger partial charge on any atom is 0.122 e. The van der Waals surface area contributed by atoms with Crippen LogP contribution in [0, 0.1) is 12.8 Å². The van der Waals surface area contributed by atoms with Crippen LogP contribution >= 0.6 is 0 Å². The highest BCUT2D eigenvalue weighted by Gasteiger charge is 2.40. The number of aryl methyl sites for hydroxylation is 1. The fourth-order valence-electron chi connectivity index (χ4n) is 4.53. The Labute approximate surface area is 156 Å². The quantitative estimate of drug-likeness (QED) is 0.598. The minimum atomic E-state index is -1.85. The van der Waals surface area contributed by atoms with E-state index in [1.54, 1.807) is 5.20 Å². The van der Waals surface area contributed by atoms with E-state index in [1.165, 1.54) is 33.0 Å². The molecule has 0 bridgehead atoms. The second kappa shape index (κ2) is 6.46. The van der Waals surface area contributed by atoms with Crippen molar-refractivity contribution in [3.63, 3.8) is 0 Å². The third-order valence-electron chi connectivity index (χ3n) is 6.23. The molecular formula is C23H36OSi. The van der Waals surface area contributed by atoms with Crippen LogP contribution in [0.15, 0.2) is 34.0 Å². The van der Waals surface area contributed by atoms with E-state index in [1.807, 2.05) is 7.11 Å². The largest absolute Gasteiger partial charge is 0.497 e. The van der Waals surface area contributed by atoms with Crippen molar-refractivity contribution in [3.05, 3.63) is 45.2 Å². The Bertz CT molecular complexity index is 757. The number of methoxy groups -OCH3 is 1. The Morgan fingerprint density at radius 2 is 1.52 bits per heavy atom. The highest BCUT2D eigenvalue weighted by Crippen LogP contribution is 2.43. The van der Waals surface area contributed by atoms with E-state index in [0.717, 1.165) is 5.75 Å². The number of hydrogen-bond donors (Lipinski definition) is 0. The van der Waals surface area contributed by atoms with Gasteiger partial charge in [-0.3, -0.25) is 0 Å². The molecule has 0 spiro atoms. The van der Waals surface area contributed by atoms with E-state index in [0.29, 0.717) is 5.92 Å². The standard InChI is InChI=1S/C23H36OSi/c1-14-12-19(23(6,7)8)21(24-9)20(13-14)25(10,11)22-17(4)15(2)16(3)18(22)5/h12-13,17H,1-11H3. The molecule has 0 aromatic heterocycles.